The molecule has 3 aromatic rings. The zero-order valence-corrected chi connectivity index (χ0v) is 14.1. The fraction of sp³-hybridized carbons (Fsp3) is 0.333. The van der Waals surface area contributed by atoms with Gasteiger partial charge in [0.2, 0.25) is 0 Å². The molecule has 1 saturated heterocycles. The Morgan fingerprint density at radius 1 is 1.40 bits per heavy atom. The van der Waals surface area contributed by atoms with Crippen LogP contribution in [0.25, 0.3) is 11.0 Å². The second-order valence-electron chi connectivity index (χ2n) is 6.79. The van der Waals surface area contributed by atoms with E-state index in [4.69, 9.17) is 5.73 Å². The maximum atomic E-state index is 13.3. The highest BCUT2D eigenvalue weighted by Crippen LogP contribution is 2.30. The second kappa shape index (κ2) is 6.00. The van der Waals surface area contributed by atoms with Gasteiger partial charge in [-0.25, -0.2) is 14.4 Å². The van der Waals surface area contributed by atoms with Gasteiger partial charge in [-0.15, -0.1) is 0 Å². The molecule has 4 N–H and O–H groups in total. The first-order valence-corrected chi connectivity index (χ1v) is 8.36. The maximum Gasteiger partial charge on any atom is 0.143 e. The number of halogens is 1. The van der Waals surface area contributed by atoms with Gasteiger partial charge >= 0.3 is 0 Å². The Morgan fingerprint density at radius 3 is 3.12 bits per heavy atom. The number of nitrogens with one attached hydrogen (secondary N) is 2. The molecule has 0 aliphatic carbocycles. The third-order valence-corrected chi connectivity index (χ3v) is 4.80. The Balaban J connectivity index is 1.51. The molecule has 25 heavy (non-hydrogen) atoms. The topological polar surface area (TPSA) is 82.9 Å². The molecule has 1 aliphatic rings. The third kappa shape index (κ3) is 3.02. The molecule has 130 valence electrons. The van der Waals surface area contributed by atoms with Crippen LogP contribution in [0, 0.1) is 12.7 Å². The highest BCUT2D eigenvalue weighted by molar-refractivity contribution is 5.90. The Hall–Kier alpha value is -2.67. The molecule has 0 unspecified atom stereocenters. The predicted octanol–water partition coefficient (Wildman–Crippen LogP) is 2.43. The molecule has 0 amide bonds. The van der Waals surface area contributed by atoms with E-state index in [1.54, 1.807) is 12.4 Å². The van der Waals surface area contributed by atoms with E-state index in [0.29, 0.717) is 13.1 Å². The average molecular weight is 340 g/mol. The summed E-state index contributed by atoms with van der Waals surface area (Å²) in [5.74, 6) is 0.664. The number of nitrogens with zero attached hydrogens (tertiary/aromatic N) is 3. The van der Waals surface area contributed by atoms with Crippen molar-refractivity contribution in [3.05, 3.63) is 48.2 Å². The van der Waals surface area contributed by atoms with Crippen LogP contribution in [0.5, 0.6) is 0 Å². The van der Waals surface area contributed by atoms with Crippen LogP contribution in [0.15, 0.2) is 36.8 Å². The van der Waals surface area contributed by atoms with Gasteiger partial charge in [0.1, 0.15) is 23.6 Å². The summed E-state index contributed by atoms with van der Waals surface area (Å²) in [5.41, 5.74) is 8.90. The molecule has 4 rings (SSSR count). The van der Waals surface area contributed by atoms with Crippen molar-refractivity contribution in [1.29, 1.82) is 0 Å². The maximum absolute atomic E-state index is 13.3. The van der Waals surface area contributed by atoms with Gasteiger partial charge in [-0.3, -0.25) is 0 Å². The largest absolute Gasteiger partial charge is 0.383 e. The SMILES string of the molecule is Cc1c[nH]c2ncnc(N3CC[C@](N)(CNc4cccc(F)c4)C3)c12. The quantitative estimate of drug-likeness (QED) is 0.679. The summed E-state index contributed by atoms with van der Waals surface area (Å²) in [6.45, 7) is 4.14. The fourth-order valence-electron chi connectivity index (χ4n) is 3.43. The van der Waals surface area contributed by atoms with Gasteiger partial charge in [-0.05, 0) is 37.1 Å². The van der Waals surface area contributed by atoms with Crippen LogP contribution in [0.2, 0.25) is 0 Å². The first-order chi connectivity index (χ1) is 12.0. The lowest BCUT2D eigenvalue weighted by molar-refractivity contribution is 0.499. The van der Waals surface area contributed by atoms with Crippen molar-refractivity contribution < 1.29 is 4.39 Å². The Bertz CT molecular complexity index is 907. The molecular weight excluding hydrogens is 319 g/mol. The Kier molecular flexibility index (Phi) is 3.80. The number of rotatable bonds is 4. The van der Waals surface area contributed by atoms with E-state index in [-0.39, 0.29) is 5.82 Å². The number of H-pyrrole nitrogens is 1. The molecule has 1 aromatic carbocycles. The molecular formula is C18H21FN6. The van der Waals surface area contributed by atoms with Crippen LogP contribution in [-0.2, 0) is 0 Å². The minimum atomic E-state index is -0.395. The lowest BCUT2D eigenvalue weighted by atomic mass is 10.0. The van der Waals surface area contributed by atoms with Crippen molar-refractivity contribution >= 4 is 22.5 Å². The molecule has 0 saturated carbocycles. The molecule has 3 heterocycles. The monoisotopic (exact) mass is 340 g/mol. The number of anilines is 2. The minimum Gasteiger partial charge on any atom is -0.383 e. The number of aromatic nitrogens is 3. The molecule has 0 spiro atoms. The van der Waals surface area contributed by atoms with Crippen molar-refractivity contribution in [1.82, 2.24) is 15.0 Å². The van der Waals surface area contributed by atoms with Crippen molar-refractivity contribution in [2.75, 3.05) is 29.9 Å². The molecule has 1 aliphatic heterocycles. The van der Waals surface area contributed by atoms with Gasteiger partial charge in [0.25, 0.3) is 0 Å². The average Bonchev–Trinajstić information content (AvgIpc) is 3.18. The lowest BCUT2D eigenvalue weighted by Crippen LogP contribution is -2.48. The standard InChI is InChI=1S/C18H21FN6/c1-12-8-21-16-15(12)17(24-11-23-16)25-6-5-18(20,10-25)9-22-14-4-2-3-13(19)7-14/h2-4,7-8,11,22H,5-6,9-10,20H2,1H3,(H,21,23,24)/t18-/m0/s1. The van der Waals surface area contributed by atoms with Crippen LogP contribution in [0.4, 0.5) is 15.9 Å². The van der Waals surface area contributed by atoms with Crippen molar-refractivity contribution in [3.63, 3.8) is 0 Å². The van der Waals surface area contributed by atoms with Crippen molar-refractivity contribution in [3.8, 4) is 0 Å². The van der Waals surface area contributed by atoms with E-state index in [0.717, 1.165) is 41.1 Å². The molecule has 0 bridgehead atoms. The van der Waals surface area contributed by atoms with E-state index in [9.17, 15) is 4.39 Å². The summed E-state index contributed by atoms with van der Waals surface area (Å²) >= 11 is 0. The number of fused-ring (bicyclic) bond motifs is 1. The predicted molar refractivity (Wildman–Crippen MR) is 97.3 cm³/mol. The number of nitrogens with two attached hydrogens (primary N) is 1. The zero-order valence-electron chi connectivity index (χ0n) is 14.1. The van der Waals surface area contributed by atoms with E-state index in [1.807, 2.05) is 19.2 Å². The normalized spacial score (nSPS) is 20.4. The number of aryl methyl sites for hydroxylation is 1. The van der Waals surface area contributed by atoms with Crippen molar-refractivity contribution in [2.45, 2.75) is 18.9 Å². The highest BCUT2D eigenvalue weighted by Gasteiger charge is 2.35. The summed E-state index contributed by atoms with van der Waals surface area (Å²) in [6, 6.07) is 6.44. The summed E-state index contributed by atoms with van der Waals surface area (Å²) in [6.07, 6.45) is 4.36. The third-order valence-electron chi connectivity index (χ3n) is 4.80. The van der Waals surface area contributed by atoms with Crippen LogP contribution in [-0.4, -0.2) is 40.1 Å². The van der Waals surface area contributed by atoms with Gasteiger partial charge in [0.05, 0.1) is 10.9 Å². The molecule has 1 fully saturated rings. The van der Waals surface area contributed by atoms with Crippen LogP contribution < -0.4 is 16.0 Å². The van der Waals surface area contributed by atoms with Gasteiger partial charge in [0.15, 0.2) is 0 Å². The number of benzene rings is 1. The summed E-state index contributed by atoms with van der Waals surface area (Å²) in [5, 5.41) is 4.30. The van der Waals surface area contributed by atoms with Crippen molar-refractivity contribution in [2.24, 2.45) is 5.73 Å². The molecule has 7 heteroatoms. The highest BCUT2D eigenvalue weighted by atomic mass is 19.1. The van der Waals surface area contributed by atoms with Gasteiger partial charge in [-0.1, -0.05) is 6.07 Å². The van der Waals surface area contributed by atoms with E-state index >= 15 is 0 Å². The number of hydrogen-bond donors (Lipinski definition) is 3. The fourth-order valence-corrected chi connectivity index (χ4v) is 3.43. The smallest absolute Gasteiger partial charge is 0.143 e. The summed E-state index contributed by atoms with van der Waals surface area (Å²) < 4.78 is 13.3. The minimum absolute atomic E-state index is 0.254. The lowest BCUT2D eigenvalue weighted by Gasteiger charge is -2.26. The summed E-state index contributed by atoms with van der Waals surface area (Å²) in [7, 11) is 0. The summed E-state index contributed by atoms with van der Waals surface area (Å²) in [4.78, 5) is 14.1. The number of aromatic amines is 1. The van der Waals surface area contributed by atoms with E-state index in [1.165, 1.54) is 12.1 Å². The Labute approximate surface area is 145 Å². The van der Waals surface area contributed by atoms with Crippen LogP contribution in [0.3, 0.4) is 0 Å². The molecule has 1 atom stereocenters. The van der Waals surface area contributed by atoms with E-state index < -0.39 is 5.54 Å². The van der Waals surface area contributed by atoms with Gasteiger partial charge < -0.3 is 20.9 Å². The van der Waals surface area contributed by atoms with Crippen LogP contribution in [0.1, 0.15) is 12.0 Å². The molecule has 2 aromatic heterocycles. The van der Waals surface area contributed by atoms with Gasteiger partial charge in [-0.2, -0.15) is 0 Å². The molecule has 6 nitrogen and oxygen atoms in total. The van der Waals surface area contributed by atoms with Crippen LogP contribution >= 0.6 is 0 Å². The molecule has 0 radical (unpaired) electrons. The first-order valence-electron chi connectivity index (χ1n) is 8.36. The first kappa shape index (κ1) is 15.8. The number of hydrogen-bond acceptors (Lipinski definition) is 5. The second-order valence-corrected chi connectivity index (χ2v) is 6.79. The van der Waals surface area contributed by atoms with Gasteiger partial charge in [0, 0.05) is 31.5 Å². The van der Waals surface area contributed by atoms with E-state index in [2.05, 4.69) is 25.2 Å². The Morgan fingerprint density at radius 2 is 2.28 bits per heavy atom. The zero-order chi connectivity index (χ0) is 17.4.